The number of hydrogen-bond donors (Lipinski definition) is 2. The average Bonchev–Trinajstić information content (AvgIpc) is 2.29. The van der Waals surface area contributed by atoms with Crippen LogP contribution in [0.25, 0.3) is 0 Å². The van der Waals surface area contributed by atoms with E-state index in [0.29, 0.717) is 12.3 Å². The van der Waals surface area contributed by atoms with Crippen LogP contribution in [0.1, 0.15) is 17.3 Å². The molecule has 2 rings (SSSR count). The van der Waals surface area contributed by atoms with Gasteiger partial charge in [0, 0.05) is 24.5 Å². The molecule has 1 saturated heterocycles. The van der Waals surface area contributed by atoms with E-state index in [-0.39, 0.29) is 11.7 Å². The Morgan fingerprint density at radius 3 is 3.00 bits per heavy atom. The maximum atomic E-state index is 11.0. The molecule has 0 saturated carbocycles. The van der Waals surface area contributed by atoms with Gasteiger partial charge >= 0.3 is 5.97 Å². The standard InChI is InChI=1S/C12H16N2O3/c1-8-7-14(4-5-17-8)9-2-3-11(13)10(6-9)12(15)16/h2-3,6,8H,4-5,7,13H2,1H3,(H,15,16). The van der Waals surface area contributed by atoms with Crippen molar-refractivity contribution in [1.82, 2.24) is 0 Å². The van der Waals surface area contributed by atoms with E-state index >= 15 is 0 Å². The van der Waals surface area contributed by atoms with Crippen LogP contribution in [0.4, 0.5) is 11.4 Å². The van der Waals surface area contributed by atoms with Gasteiger partial charge in [0.1, 0.15) is 0 Å². The zero-order valence-electron chi connectivity index (χ0n) is 9.72. The fourth-order valence-corrected chi connectivity index (χ4v) is 1.98. The molecule has 1 unspecified atom stereocenters. The highest BCUT2D eigenvalue weighted by molar-refractivity contribution is 5.94. The van der Waals surface area contributed by atoms with Crippen LogP contribution in [-0.4, -0.2) is 36.9 Å². The summed E-state index contributed by atoms with van der Waals surface area (Å²) in [4.78, 5) is 13.1. The molecule has 0 bridgehead atoms. The third kappa shape index (κ3) is 2.50. The normalized spacial score (nSPS) is 20.3. The molecule has 1 atom stereocenters. The van der Waals surface area contributed by atoms with Crippen molar-refractivity contribution in [2.24, 2.45) is 0 Å². The molecular formula is C12H16N2O3. The molecule has 17 heavy (non-hydrogen) atoms. The van der Waals surface area contributed by atoms with Crippen LogP contribution in [0.15, 0.2) is 18.2 Å². The third-order valence-corrected chi connectivity index (χ3v) is 2.87. The summed E-state index contributed by atoms with van der Waals surface area (Å²) in [7, 11) is 0. The lowest BCUT2D eigenvalue weighted by Crippen LogP contribution is -2.41. The third-order valence-electron chi connectivity index (χ3n) is 2.87. The average molecular weight is 236 g/mol. The van der Waals surface area contributed by atoms with Crippen LogP contribution in [0.5, 0.6) is 0 Å². The maximum Gasteiger partial charge on any atom is 0.337 e. The Balaban J connectivity index is 2.26. The second kappa shape index (κ2) is 4.63. The van der Waals surface area contributed by atoms with Gasteiger partial charge in [0.05, 0.1) is 18.3 Å². The summed E-state index contributed by atoms with van der Waals surface area (Å²) in [6, 6.07) is 5.11. The number of rotatable bonds is 2. The Labute approximate surface area is 99.8 Å². The number of ether oxygens (including phenoxy) is 1. The largest absolute Gasteiger partial charge is 0.478 e. The minimum Gasteiger partial charge on any atom is -0.478 e. The van der Waals surface area contributed by atoms with Crippen LogP contribution >= 0.6 is 0 Å². The molecule has 1 aromatic carbocycles. The zero-order chi connectivity index (χ0) is 12.4. The van der Waals surface area contributed by atoms with Gasteiger partial charge in [-0.1, -0.05) is 0 Å². The van der Waals surface area contributed by atoms with Gasteiger partial charge in [0.15, 0.2) is 0 Å². The summed E-state index contributed by atoms with van der Waals surface area (Å²) in [6.45, 7) is 4.20. The number of benzene rings is 1. The van der Waals surface area contributed by atoms with Crippen molar-refractivity contribution in [3.63, 3.8) is 0 Å². The van der Waals surface area contributed by atoms with E-state index in [1.807, 2.05) is 13.0 Å². The molecule has 0 radical (unpaired) electrons. The van der Waals surface area contributed by atoms with Gasteiger partial charge in [0.25, 0.3) is 0 Å². The molecule has 5 nitrogen and oxygen atoms in total. The number of anilines is 2. The lowest BCUT2D eigenvalue weighted by molar-refractivity contribution is 0.0532. The summed E-state index contributed by atoms with van der Waals surface area (Å²) in [6.07, 6.45) is 0.162. The topological polar surface area (TPSA) is 75.8 Å². The molecule has 0 amide bonds. The van der Waals surface area contributed by atoms with Gasteiger partial charge in [-0.05, 0) is 25.1 Å². The number of nitrogens with zero attached hydrogens (tertiary/aromatic N) is 1. The second-order valence-electron chi connectivity index (χ2n) is 4.20. The zero-order valence-corrected chi connectivity index (χ0v) is 9.72. The molecule has 0 aromatic heterocycles. The van der Waals surface area contributed by atoms with Crippen molar-refractivity contribution in [1.29, 1.82) is 0 Å². The molecule has 5 heteroatoms. The van der Waals surface area contributed by atoms with Crippen LogP contribution in [0, 0.1) is 0 Å². The van der Waals surface area contributed by atoms with Crippen molar-refractivity contribution >= 4 is 17.3 Å². The Kier molecular flexibility index (Phi) is 3.19. The van der Waals surface area contributed by atoms with Gasteiger partial charge in [-0.2, -0.15) is 0 Å². The van der Waals surface area contributed by atoms with Crippen LogP contribution in [0.2, 0.25) is 0 Å². The Bertz CT molecular complexity index is 434. The summed E-state index contributed by atoms with van der Waals surface area (Å²) in [5.41, 5.74) is 6.95. The van der Waals surface area contributed by atoms with Crippen molar-refractivity contribution in [2.75, 3.05) is 30.3 Å². The van der Waals surface area contributed by atoms with Gasteiger partial charge in [-0.15, -0.1) is 0 Å². The summed E-state index contributed by atoms with van der Waals surface area (Å²) < 4.78 is 5.45. The number of nitrogens with two attached hydrogens (primary N) is 1. The monoisotopic (exact) mass is 236 g/mol. The first-order chi connectivity index (χ1) is 8.08. The molecule has 92 valence electrons. The number of hydrogen-bond acceptors (Lipinski definition) is 4. The van der Waals surface area contributed by atoms with Gasteiger partial charge in [0.2, 0.25) is 0 Å². The van der Waals surface area contributed by atoms with E-state index in [1.54, 1.807) is 12.1 Å². The van der Waals surface area contributed by atoms with E-state index in [9.17, 15) is 4.79 Å². The first-order valence-corrected chi connectivity index (χ1v) is 5.57. The molecular weight excluding hydrogens is 220 g/mol. The molecule has 1 fully saturated rings. The predicted octanol–water partition coefficient (Wildman–Crippen LogP) is 1.19. The number of nitrogen functional groups attached to an aromatic ring is 1. The van der Waals surface area contributed by atoms with Gasteiger partial charge in [-0.3, -0.25) is 0 Å². The smallest absolute Gasteiger partial charge is 0.337 e. The number of morpholine rings is 1. The van der Waals surface area contributed by atoms with Crippen LogP contribution in [-0.2, 0) is 4.74 Å². The SMILES string of the molecule is CC1CN(c2ccc(N)c(C(=O)O)c2)CCO1. The lowest BCUT2D eigenvalue weighted by Gasteiger charge is -2.33. The Morgan fingerprint density at radius 1 is 1.59 bits per heavy atom. The Hall–Kier alpha value is -1.75. The van der Waals surface area contributed by atoms with E-state index in [4.69, 9.17) is 15.6 Å². The highest BCUT2D eigenvalue weighted by Crippen LogP contribution is 2.23. The first kappa shape index (κ1) is 11.7. The molecule has 1 heterocycles. The number of aromatic carboxylic acids is 1. The van der Waals surface area contributed by atoms with Crippen LogP contribution in [0.3, 0.4) is 0 Å². The number of carboxylic acids is 1. The molecule has 0 aliphatic carbocycles. The van der Waals surface area contributed by atoms with Gasteiger partial charge < -0.3 is 20.5 Å². The molecule has 1 aliphatic rings. The van der Waals surface area contributed by atoms with Gasteiger partial charge in [-0.25, -0.2) is 4.79 Å². The second-order valence-corrected chi connectivity index (χ2v) is 4.20. The van der Waals surface area contributed by atoms with Crippen molar-refractivity contribution in [2.45, 2.75) is 13.0 Å². The number of carbonyl (C=O) groups is 1. The highest BCUT2D eigenvalue weighted by Gasteiger charge is 2.18. The molecule has 1 aromatic rings. The van der Waals surface area contributed by atoms with Crippen molar-refractivity contribution in [3.05, 3.63) is 23.8 Å². The van der Waals surface area contributed by atoms with E-state index in [0.717, 1.165) is 18.8 Å². The lowest BCUT2D eigenvalue weighted by atomic mass is 10.1. The molecule has 1 aliphatic heterocycles. The quantitative estimate of drug-likeness (QED) is 0.754. The van der Waals surface area contributed by atoms with E-state index in [2.05, 4.69) is 4.90 Å². The fourth-order valence-electron chi connectivity index (χ4n) is 1.98. The molecule has 3 N–H and O–H groups in total. The van der Waals surface area contributed by atoms with E-state index in [1.165, 1.54) is 0 Å². The van der Waals surface area contributed by atoms with Crippen molar-refractivity contribution in [3.8, 4) is 0 Å². The van der Waals surface area contributed by atoms with Crippen LogP contribution < -0.4 is 10.6 Å². The predicted molar refractivity (Wildman–Crippen MR) is 65.4 cm³/mol. The summed E-state index contributed by atoms with van der Waals surface area (Å²) in [5.74, 6) is -0.995. The van der Waals surface area contributed by atoms with Crippen molar-refractivity contribution < 1.29 is 14.6 Å². The highest BCUT2D eigenvalue weighted by atomic mass is 16.5. The fraction of sp³-hybridized carbons (Fsp3) is 0.417. The minimum atomic E-state index is -0.995. The first-order valence-electron chi connectivity index (χ1n) is 5.57. The minimum absolute atomic E-state index is 0.154. The molecule has 0 spiro atoms. The number of carboxylic acid groups (broad SMARTS) is 1. The van der Waals surface area contributed by atoms with E-state index < -0.39 is 5.97 Å². The maximum absolute atomic E-state index is 11.0. The summed E-state index contributed by atoms with van der Waals surface area (Å²) >= 11 is 0. The summed E-state index contributed by atoms with van der Waals surface area (Å²) in [5, 5.41) is 9.02. The Morgan fingerprint density at radius 2 is 2.35 bits per heavy atom.